The molecule has 0 aliphatic carbocycles. The molecule has 0 saturated carbocycles. The van der Waals surface area contributed by atoms with Gasteiger partial charge in [-0.2, -0.15) is 13.9 Å². The van der Waals surface area contributed by atoms with Crippen molar-refractivity contribution in [3.8, 4) is 5.75 Å². The van der Waals surface area contributed by atoms with Crippen molar-refractivity contribution in [1.29, 1.82) is 0 Å². The number of halogens is 3. The molecule has 2 aromatic carbocycles. The summed E-state index contributed by atoms with van der Waals surface area (Å²) in [5, 5.41) is 4.71. The Morgan fingerprint density at radius 1 is 1.19 bits per heavy atom. The van der Waals surface area contributed by atoms with Gasteiger partial charge in [-0.15, -0.1) is 0 Å². The fraction of sp³-hybridized carbons (Fsp3) is 0.133. The van der Waals surface area contributed by atoms with E-state index in [4.69, 9.17) is 11.6 Å². The van der Waals surface area contributed by atoms with E-state index in [0.29, 0.717) is 5.02 Å². The van der Waals surface area contributed by atoms with E-state index in [2.05, 4.69) is 15.3 Å². The number of benzene rings is 2. The topological polar surface area (TPSA) is 33.6 Å². The number of anilines is 1. The molecule has 0 saturated heterocycles. The Hall–Kier alpha value is -2.14. The van der Waals surface area contributed by atoms with E-state index in [1.807, 2.05) is 19.1 Å². The van der Waals surface area contributed by atoms with Gasteiger partial charge < -0.3 is 4.74 Å². The fourth-order valence-corrected chi connectivity index (χ4v) is 1.76. The molecule has 2 rings (SSSR count). The molecule has 21 heavy (non-hydrogen) atoms. The summed E-state index contributed by atoms with van der Waals surface area (Å²) in [4.78, 5) is 0. The molecule has 0 spiro atoms. The first-order valence-corrected chi connectivity index (χ1v) is 6.52. The average molecular weight is 311 g/mol. The molecule has 110 valence electrons. The number of hydrogen-bond acceptors (Lipinski definition) is 3. The van der Waals surface area contributed by atoms with E-state index in [0.717, 1.165) is 16.8 Å². The molecule has 3 nitrogen and oxygen atoms in total. The van der Waals surface area contributed by atoms with Gasteiger partial charge in [0.15, 0.2) is 0 Å². The van der Waals surface area contributed by atoms with Crippen LogP contribution in [-0.2, 0) is 0 Å². The predicted octanol–water partition coefficient (Wildman–Crippen LogP) is 4.70. The highest BCUT2D eigenvalue weighted by atomic mass is 35.5. The quantitative estimate of drug-likeness (QED) is 0.641. The molecule has 6 heteroatoms. The summed E-state index contributed by atoms with van der Waals surface area (Å²) < 4.78 is 28.3. The zero-order valence-corrected chi connectivity index (χ0v) is 11.9. The van der Waals surface area contributed by atoms with Crippen LogP contribution in [0.1, 0.15) is 11.1 Å². The third-order valence-corrected chi connectivity index (χ3v) is 3.09. The highest BCUT2D eigenvalue weighted by Crippen LogP contribution is 2.20. The third-order valence-electron chi connectivity index (χ3n) is 2.68. The maximum atomic E-state index is 12.0. The van der Waals surface area contributed by atoms with Crippen LogP contribution in [-0.4, -0.2) is 12.8 Å². The Bertz CT molecular complexity index is 630. The maximum Gasteiger partial charge on any atom is 0.387 e. The first kappa shape index (κ1) is 15.3. The smallest absolute Gasteiger partial charge is 0.387 e. The summed E-state index contributed by atoms with van der Waals surface area (Å²) in [6.07, 6.45) is 1.57. The lowest BCUT2D eigenvalue weighted by molar-refractivity contribution is -0.0498. The number of rotatable bonds is 5. The first-order valence-electron chi connectivity index (χ1n) is 6.15. The Labute approximate surface area is 126 Å². The molecule has 0 unspecified atom stereocenters. The Balaban J connectivity index is 1.96. The van der Waals surface area contributed by atoms with E-state index in [1.54, 1.807) is 24.4 Å². The third kappa shape index (κ3) is 4.72. The minimum Gasteiger partial charge on any atom is -0.435 e. The van der Waals surface area contributed by atoms with Gasteiger partial charge in [-0.3, -0.25) is 5.43 Å². The molecule has 1 N–H and O–H groups in total. The molecule has 0 atom stereocenters. The number of hydrogen-bond donors (Lipinski definition) is 1. The number of hydrazone groups is 1. The number of alkyl halides is 2. The Kier molecular flexibility index (Phi) is 5.11. The molecule has 2 aromatic rings. The van der Waals surface area contributed by atoms with Crippen LogP contribution in [0.2, 0.25) is 5.02 Å². The van der Waals surface area contributed by atoms with Crippen LogP contribution in [0.3, 0.4) is 0 Å². The van der Waals surface area contributed by atoms with E-state index in [-0.39, 0.29) is 5.75 Å². The van der Waals surface area contributed by atoms with Crippen LogP contribution in [0.15, 0.2) is 47.6 Å². The summed E-state index contributed by atoms with van der Waals surface area (Å²) >= 11 is 6.00. The van der Waals surface area contributed by atoms with Crippen molar-refractivity contribution in [3.63, 3.8) is 0 Å². The van der Waals surface area contributed by atoms with Gasteiger partial charge in [0.1, 0.15) is 5.75 Å². The Morgan fingerprint density at radius 3 is 2.52 bits per heavy atom. The zero-order valence-electron chi connectivity index (χ0n) is 11.2. The second kappa shape index (κ2) is 7.04. The van der Waals surface area contributed by atoms with Crippen LogP contribution < -0.4 is 10.2 Å². The monoisotopic (exact) mass is 310 g/mol. The Morgan fingerprint density at radius 2 is 1.90 bits per heavy atom. The van der Waals surface area contributed by atoms with Gasteiger partial charge in [-0.1, -0.05) is 17.7 Å². The lowest BCUT2D eigenvalue weighted by Crippen LogP contribution is -2.01. The van der Waals surface area contributed by atoms with E-state index < -0.39 is 6.61 Å². The second-order valence-corrected chi connectivity index (χ2v) is 4.69. The second-order valence-electron chi connectivity index (χ2n) is 4.28. The lowest BCUT2D eigenvalue weighted by Gasteiger charge is -2.04. The van der Waals surface area contributed by atoms with Crippen molar-refractivity contribution in [2.24, 2.45) is 5.10 Å². The minimum atomic E-state index is -2.82. The van der Waals surface area contributed by atoms with Gasteiger partial charge in [-0.25, -0.2) is 0 Å². The number of aryl methyl sites for hydroxylation is 1. The average Bonchev–Trinajstić information content (AvgIpc) is 2.44. The summed E-state index contributed by atoms with van der Waals surface area (Å²) in [5.41, 5.74) is 5.34. The molecule has 0 fully saturated rings. The molecular weight excluding hydrogens is 298 g/mol. The predicted molar refractivity (Wildman–Crippen MR) is 80.5 cm³/mol. The van der Waals surface area contributed by atoms with Crippen molar-refractivity contribution in [1.82, 2.24) is 0 Å². The van der Waals surface area contributed by atoms with Crippen molar-refractivity contribution >= 4 is 23.5 Å². The number of ether oxygens (including phenoxy) is 1. The number of nitrogens with one attached hydrogen (secondary N) is 1. The van der Waals surface area contributed by atoms with Crippen LogP contribution in [0, 0.1) is 6.92 Å². The normalized spacial score (nSPS) is 11.1. The standard InChI is InChI=1S/C15H13ClF2N2O/c1-10-2-5-12(8-14(10)16)20-19-9-11-3-6-13(7-4-11)21-15(17)18/h2-9,15,20H,1H3/b19-9-. The summed E-state index contributed by atoms with van der Waals surface area (Å²) in [6.45, 7) is -0.907. The summed E-state index contributed by atoms with van der Waals surface area (Å²) in [7, 11) is 0. The van der Waals surface area contributed by atoms with Crippen LogP contribution in [0.5, 0.6) is 5.75 Å². The highest BCUT2D eigenvalue weighted by Gasteiger charge is 2.02. The van der Waals surface area contributed by atoms with Crippen LogP contribution in [0.4, 0.5) is 14.5 Å². The highest BCUT2D eigenvalue weighted by molar-refractivity contribution is 6.31. The van der Waals surface area contributed by atoms with E-state index in [9.17, 15) is 8.78 Å². The summed E-state index contributed by atoms with van der Waals surface area (Å²) in [5.74, 6) is 0.112. The molecule has 0 heterocycles. The molecule has 0 aliphatic rings. The van der Waals surface area contributed by atoms with Gasteiger partial charge in [0, 0.05) is 5.02 Å². The van der Waals surface area contributed by atoms with E-state index in [1.165, 1.54) is 12.1 Å². The van der Waals surface area contributed by atoms with Gasteiger partial charge in [0.2, 0.25) is 0 Å². The minimum absolute atomic E-state index is 0.112. The summed E-state index contributed by atoms with van der Waals surface area (Å²) in [6, 6.07) is 11.7. The SMILES string of the molecule is Cc1ccc(N/N=C\c2ccc(OC(F)F)cc2)cc1Cl. The van der Waals surface area contributed by atoms with Crippen molar-refractivity contribution in [3.05, 3.63) is 58.6 Å². The number of nitrogens with zero attached hydrogens (tertiary/aromatic N) is 1. The molecule has 0 amide bonds. The molecular formula is C15H13ClF2N2O. The zero-order chi connectivity index (χ0) is 15.2. The van der Waals surface area contributed by atoms with Crippen molar-refractivity contribution in [2.45, 2.75) is 13.5 Å². The van der Waals surface area contributed by atoms with Gasteiger partial charge >= 0.3 is 6.61 Å². The largest absolute Gasteiger partial charge is 0.435 e. The van der Waals surface area contributed by atoms with Crippen LogP contribution in [0.25, 0.3) is 0 Å². The molecule has 0 radical (unpaired) electrons. The fourth-order valence-electron chi connectivity index (χ4n) is 1.58. The van der Waals surface area contributed by atoms with Crippen molar-refractivity contribution in [2.75, 3.05) is 5.43 Å². The van der Waals surface area contributed by atoms with Gasteiger partial charge in [0.25, 0.3) is 0 Å². The lowest BCUT2D eigenvalue weighted by atomic mass is 10.2. The molecule has 0 aromatic heterocycles. The maximum absolute atomic E-state index is 12.0. The van der Waals surface area contributed by atoms with Crippen LogP contribution >= 0.6 is 11.6 Å². The van der Waals surface area contributed by atoms with E-state index >= 15 is 0 Å². The van der Waals surface area contributed by atoms with Crippen molar-refractivity contribution < 1.29 is 13.5 Å². The van der Waals surface area contributed by atoms with Gasteiger partial charge in [-0.05, 0) is 54.4 Å². The molecule has 0 aliphatic heterocycles. The first-order chi connectivity index (χ1) is 10.0. The van der Waals surface area contributed by atoms with Gasteiger partial charge in [0.05, 0.1) is 11.9 Å². The molecule has 0 bridgehead atoms.